The molecular formula is C7H7F2N3. The summed E-state index contributed by atoms with van der Waals surface area (Å²) in [6.07, 6.45) is 1.53. The van der Waals surface area contributed by atoms with Crippen molar-refractivity contribution in [3.63, 3.8) is 0 Å². The quantitative estimate of drug-likeness (QED) is 0.551. The van der Waals surface area contributed by atoms with Gasteiger partial charge in [0, 0.05) is 12.6 Å². The molecule has 0 bridgehead atoms. The van der Waals surface area contributed by atoms with Crippen molar-refractivity contribution in [2.45, 2.75) is 0 Å². The lowest BCUT2D eigenvalue weighted by molar-refractivity contribution is 0.528. The fourth-order valence-corrected chi connectivity index (χ4v) is 0.633. The third kappa shape index (κ3) is 2.26. The first-order chi connectivity index (χ1) is 5.72. The standard InChI is InChI=1S/C7H7F2N3/c1-2-3-10-7-11-5(8)4-6(9)12-7/h2,4H,1,3H2,(H,10,11,12). The maximum Gasteiger partial charge on any atom is 0.228 e. The van der Waals surface area contributed by atoms with Gasteiger partial charge in [0.1, 0.15) is 0 Å². The molecule has 64 valence electrons. The molecule has 0 aromatic carbocycles. The molecule has 0 fully saturated rings. The molecule has 1 N–H and O–H groups in total. The van der Waals surface area contributed by atoms with Crippen LogP contribution in [0.15, 0.2) is 18.7 Å². The van der Waals surface area contributed by atoms with Crippen molar-refractivity contribution in [3.05, 3.63) is 30.6 Å². The zero-order valence-electron chi connectivity index (χ0n) is 6.22. The number of aromatic nitrogens is 2. The van der Waals surface area contributed by atoms with Gasteiger partial charge < -0.3 is 5.32 Å². The van der Waals surface area contributed by atoms with Gasteiger partial charge in [0.25, 0.3) is 0 Å². The lowest BCUT2D eigenvalue weighted by Crippen LogP contribution is -2.05. The van der Waals surface area contributed by atoms with E-state index in [9.17, 15) is 8.78 Å². The maximum absolute atomic E-state index is 12.4. The van der Waals surface area contributed by atoms with Crippen LogP contribution in [0.2, 0.25) is 0 Å². The van der Waals surface area contributed by atoms with Crippen LogP contribution in [0.3, 0.4) is 0 Å². The first-order valence-corrected chi connectivity index (χ1v) is 3.27. The Morgan fingerprint density at radius 3 is 2.50 bits per heavy atom. The fourth-order valence-electron chi connectivity index (χ4n) is 0.633. The molecule has 0 atom stereocenters. The summed E-state index contributed by atoms with van der Waals surface area (Å²) < 4.78 is 24.8. The van der Waals surface area contributed by atoms with Gasteiger partial charge in [0.2, 0.25) is 17.8 Å². The molecule has 0 unspecified atom stereocenters. The Morgan fingerprint density at radius 2 is 2.00 bits per heavy atom. The van der Waals surface area contributed by atoms with Gasteiger partial charge in [-0.1, -0.05) is 6.08 Å². The fraction of sp³-hybridized carbons (Fsp3) is 0.143. The van der Waals surface area contributed by atoms with Gasteiger partial charge in [0.05, 0.1) is 0 Å². The molecule has 12 heavy (non-hydrogen) atoms. The van der Waals surface area contributed by atoms with Crippen molar-refractivity contribution >= 4 is 5.95 Å². The summed E-state index contributed by atoms with van der Waals surface area (Å²) in [5.74, 6) is -1.87. The van der Waals surface area contributed by atoms with E-state index in [0.29, 0.717) is 12.6 Å². The molecule has 1 heterocycles. The summed E-state index contributed by atoms with van der Waals surface area (Å²) in [7, 11) is 0. The number of rotatable bonds is 3. The minimum atomic E-state index is -0.894. The van der Waals surface area contributed by atoms with Crippen molar-refractivity contribution in [1.82, 2.24) is 9.97 Å². The topological polar surface area (TPSA) is 37.8 Å². The highest BCUT2D eigenvalue weighted by Gasteiger charge is 2.01. The minimum Gasteiger partial charge on any atom is -0.351 e. The first-order valence-electron chi connectivity index (χ1n) is 3.27. The molecule has 1 aromatic rings. The number of hydrogen-bond donors (Lipinski definition) is 1. The van der Waals surface area contributed by atoms with Gasteiger partial charge in [-0.05, 0) is 0 Å². The van der Waals surface area contributed by atoms with E-state index in [1.807, 2.05) is 0 Å². The second-order valence-corrected chi connectivity index (χ2v) is 2.01. The Balaban J connectivity index is 2.78. The summed E-state index contributed by atoms with van der Waals surface area (Å²) in [5, 5.41) is 2.56. The van der Waals surface area contributed by atoms with Crippen LogP contribution < -0.4 is 5.32 Å². The molecule has 0 radical (unpaired) electrons. The molecule has 1 rings (SSSR count). The molecular weight excluding hydrogens is 164 g/mol. The van der Waals surface area contributed by atoms with Crippen molar-refractivity contribution in [2.75, 3.05) is 11.9 Å². The number of nitrogens with one attached hydrogen (secondary N) is 1. The number of halogens is 2. The molecule has 0 spiro atoms. The minimum absolute atomic E-state index is 0.0765. The second kappa shape index (κ2) is 3.75. The first kappa shape index (κ1) is 8.58. The third-order valence-electron chi connectivity index (χ3n) is 1.07. The molecule has 0 aliphatic heterocycles. The smallest absolute Gasteiger partial charge is 0.228 e. The Morgan fingerprint density at radius 1 is 1.42 bits per heavy atom. The number of anilines is 1. The van der Waals surface area contributed by atoms with Crippen LogP contribution in [-0.4, -0.2) is 16.5 Å². The molecule has 0 aliphatic carbocycles. The summed E-state index contributed by atoms with van der Waals surface area (Å²) in [4.78, 5) is 6.59. The highest BCUT2D eigenvalue weighted by Crippen LogP contribution is 2.01. The summed E-state index contributed by atoms with van der Waals surface area (Å²) in [6, 6.07) is 0.610. The molecule has 5 heteroatoms. The van der Waals surface area contributed by atoms with E-state index < -0.39 is 11.9 Å². The second-order valence-electron chi connectivity index (χ2n) is 2.01. The van der Waals surface area contributed by atoms with Crippen LogP contribution in [0, 0.1) is 11.9 Å². The van der Waals surface area contributed by atoms with Gasteiger partial charge in [0.15, 0.2) is 0 Å². The van der Waals surface area contributed by atoms with Crippen LogP contribution in [0.1, 0.15) is 0 Å². The summed E-state index contributed by atoms with van der Waals surface area (Å²) >= 11 is 0. The van der Waals surface area contributed by atoms with Crippen LogP contribution >= 0.6 is 0 Å². The highest BCUT2D eigenvalue weighted by molar-refractivity contribution is 5.23. The third-order valence-corrected chi connectivity index (χ3v) is 1.07. The van der Waals surface area contributed by atoms with Crippen molar-refractivity contribution in [2.24, 2.45) is 0 Å². The lowest BCUT2D eigenvalue weighted by atomic mass is 10.6. The van der Waals surface area contributed by atoms with Gasteiger partial charge >= 0.3 is 0 Å². The van der Waals surface area contributed by atoms with Crippen LogP contribution in [0.25, 0.3) is 0 Å². The molecule has 0 amide bonds. The van der Waals surface area contributed by atoms with E-state index in [-0.39, 0.29) is 5.95 Å². The molecule has 1 aromatic heterocycles. The average Bonchev–Trinajstić information content (AvgIpc) is 1.99. The van der Waals surface area contributed by atoms with Gasteiger partial charge in [-0.3, -0.25) is 0 Å². The Hall–Kier alpha value is -1.52. The SMILES string of the molecule is C=CCNc1nc(F)cc(F)n1. The van der Waals surface area contributed by atoms with Crippen molar-refractivity contribution in [1.29, 1.82) is 0 Å². The predicted octanol–water partition coefficient (Wildman–Crippen LogP) is 1.35. The lowest BCUT2D eigenvalue weighted by Gasteiger charge is -1.99. The normalized spacial score (nSPS) is 9.50. The van der Waals surface area contributed by atoms with E-state index in [1.165, 1.54) is 6.08 Å². The van der Waals surface area contributed by atoms with Crippen LogP contribution in [-0.2, 0) is 0 Å². The molecule has 3 nitrogen and oxygen atoms in total. The van der Waals surface area contributed by atoms with E-state index in [4.69, 9.17) is 0 Å². The molecule has 0 saturated heterocycles. The van der Waals surface area contributed by atoms with Gasteiger partial charge in [-0.25, -0.2) is 0 Å². The van der Waals surface area contributed by atoms with E-state index in [2.05, 4.69) is 21.9 Å². The van der Waals surface area contributed by atoms with Gasteiger partial charge in [-0.2, -0.15) is 18.7 Å². The van der Waals surface area contributed by atoms with E-state index in [1.54, 1.807) is 0 Å². The van der Waals surface area contributed by atoms with E-state index >= 15 is 0 Å². The maximum atomic E-state index is 12.4. The van der Waals surface area contributed by atoms with E-state index in [0.717, 1.165) is 0 Å². The Labute approximate surface area is 68.2 Å². The zero-order valence-corrected chi connectivity index (χ0v) is 6.22. The molecule has 0 aliphatic rings. The van der Waals surface area contributed by atoms with Crippen molar-refractivity contribution < 1.29 is 8.78 Å². The summed E-state index contributed by atoms with van der Waals surface area (Å²) in [5.41, 5.74) is 0. The number of hydrogen-bond acceptors (Lipinski definition) is 3. The van der Waals surface area contributed by atoms with Crippen LogP contribution in [0.5, 0.6) is 0 Å². The van der Waals surface area contributed by atoms with Crippen molar-refractivity contribution in [3.8, 4) is 0 Å². The summed E-state index contributed by atoms with van der Waals surface area (Å²) in [6.45, 7) is 3.78. The Bertz CT molecular complexity index is 268. The average molecular weight is 171 g/mol. The predicted molar refractivity (Wildman–Crippen MR) is 40.6 cm³/mol. The zero-order chi connectivity index (χ0) is 8.97. The molecule has 0 saturated carbocycles. The van der Waals surface area contributed by atoms with Crippen LogP contribution in [0.4, 0.5) is 14.7 Å². The Kier molecular flexibility index (Phi) is 2.68. The largest absolute Gasteiger partial charge is 0.351 e. The van der Waals surface area contributed by atoms with Gasteiger partial charge in [-0.15, -0.1) is 6.58 Å². The highest BCUT2D eigenvalue weighted by atomic mass is 19.1. The monoisotopic (exact) mass is 171 g/mol. The number of nitrogens with zero attached hydrogens (tertiary/aromatic N) is 2.